The van der Waals surface area contributed by atoms with Crippen LogP contribution in [0.4, 0.5) is 4.39 Å². The minimum absolute atomic E-state index is 0.270. The number of fused-ring (bicyclic) bond motifs is 2. The van der Waals surface area contributed by atoms with E-state index in [0.29, 0.717) is 12.5 Å². The summed E-state index contributed by atoms with van der Waals surface area (Å²) < 4.78 is 14.2. The summed E-state index contributed by atoms with van der Waals surface area (Å²) >= 11 is 0. The summed E-state index contributed by atoms with van der Waals surface area (Å²) in [5.74, 6) is 0.644. The van der Waals surface area contributed by atoms with Crippen molar-refractivity contribution in [2.75, 3.05) is 6.54 Å². The van der Waals surface area contributed by atoms with E-state index in [-0.39, 0.29) is 6.04 Å². The Labute approximate surface area is 132 Å². The number of rotatable bonds is 3. The Hall–Kier alpha value is -1.35. The lowest BCUT2D eigenvalue weighted by Gasteiger charge is -2.35. The van der Waals surface area contributed by atoms with E-state index in [9.17, 15) is 4.39 Å². The number of hydrogen-bond donors (Lipinski definition) is 1. The molecule has 2 N–H and O–H groups in total. The lowest BCUT2D eigenvalue weighted by Crippen LogP contribution is -2.37. The second kappa shape index (κ2) is 4.82. The van der Waals surface area contributed by atoms with Crippen LogP contribution < -0.4 is 5.73 Å². The molecule has 1 atom stereocenters. The molecule has 0 amide bonds. The summed E-state index contributed by atoms with van der Waals surface area (Å²) in [7, 11) is 0. The third-order valence-corrected chi connectivity index (χ3v) is 5.02. The van der Waals surface area contributed by atoms with Crippen LogP contribution >= 0.6 is 0 Å². The molecule has 0 unspecified atom stereocenters. The third-order valence-electron chi connectivity index (χ3n) is 5.02. The van der Waals surface area contributed by atoms with Crippen molar-refractivity contribution >= 4 is 6.08 Å². The van der Waals surface area contributed by atoms with Crippen LogP contribution in [0, 0.1) is 5.92 Å². The summed E-state index contributed by atoms with van der Waals surface area (Å²) in [5, 5.41) is 0. The van der Waals surface area contributed by atoms with Gasteiger partial charge in [-0.2, -0.15) is 0 Å². The summed E-state index contributed by atoms with van der Waals surface area (Å²) in [5.41, 5.74) is 11.8. The molecule has 0 bridgehead atoms. The number of allylic oxidation sites excluding steroid dienone is 1. The van der Waals surface area contributed by atoms with Crippen molar-refractivity contribution < 1.29 is 4.39 Å². The Bertz CT molecular complexity index is 638. The zero-order chi connectivity index (χ0) is 15.5. The van der Waals surface area contributed by atoms with Gasteiger partial charge < -0.3 is 10.6 Å². The molecule has 0 aromatic heterocycles. The SMILES string of the molecule is CC(C)(F)CN1Cc2cc3c(cc2C=C1C1CC1)C[C@H](N)C3. The van der Waals surface area contributed by atoms with Gasteiger partial charge in [-0.1, -0.05) is 12.1 Å². The van der Waals surface area contributed by atoms with E-state index < -0.39 is 5.67 Å². The molecule has 1 heterocycles. The molecule has 1 aromatic rings. The molecule has 2 aliphatic carbocycles. The summed E-state index contributed by atoms with van der Waals surface area (Å²) in [4.78, 5) is 2.27. The molecule has 1 fully saturated rings. The normalized spacial score (nSPS) is 24.1. The van der Waals surface area contributed by atoms with Gasteiger partial charge in [0.05, 0.1) is 6.54 Å². The van der Waals surface area contributed by atoms with E-state index in [4.69, 9.17) is 5.73 Å². The average Bonchev–Trinajstić information content (AvgIpc) is 3.16. The standard InChI is InChI=1S/C19H25FN2/c1-19(2,20)11-22-10-16-6-14-8-17(21)7-13(14)5-15(16)9-18(22)12-3-4-12/h5-6,9,12,17H,3-4,7-8,10-11,21H2,1-2H3/t17-/m0/s1. The molecule has 0 spiro atoms. The quantitative estimate of drug-likeness (QED) is 0.926. The molecule has 3 heteroatoms. The second-order valence-electron chi connectivity index (χ2n) is 7.91. The first-order valence-electron chi connectivity index (χ1n) is 8.45. The van der Waals surface area contributed by atoms with E-state index in [1.54, 1.807) is 13.8 Å². The van der Waals surface area contributed by atoms with Gasteiger partial charge in [-0.05, 0) is 73.8 Å². The van der Waals surface area contributed by atoms with Crippen LogP contribution in [0.3, 0.4) is 0 Å². The van der Waals surface area contributed by atoms with Crippen LogP contribution in [0.1, 0.15) is 48.9 Å². The van der Waals surface area contributed by atoms with E-state index >= 15 is 0 Å². The van der Waals surface area contributed by atoms with Gasteiger partial charge in [0.1, 0.15) is 5.67 Å². The Kier molecular flexibility index (Phi) is 3.12. The molecule has 2 nitrogen and oxygen atoms in total. The molecule has 118 valence electrons. The predicted octanol–water partition coefficient (Wildman–Crippen LogP) is 3.43. The Morgan fingerprint density at radius 3 is 2.50 bits per heavy atom. The lowest BCUT2D eigenvalue weighted by molar-refractivity contribution is 0.139. The molecule has 1 aliphatic heterocycles. The fraction of sp³-hybridized carbons (Fsp3) is 0.579. The fourth-order valence-electron chi connectivity index (χ4n) is 3.95. The van der Waals surface area contributed by atoms with Crippen molar-refractivity contribution in [3.05, 3.63) is 40.1 Å². The Balaban J connectivity index is 1.70. The van der Waals surface area contributed by atoms with Crippen LogP contribution in [-0.2, 0) is 19.4 Å². The van der Waals surface area contributed by atoms with Crippen molar-refractivity contribution in [1.82, 2.24) is 4.90 Å². The number of alkyl halides is 1. The monoisotopic (exact) mass is 300 g/mol. The highest BCUT2D eigenvalue weighted by molar-refractivity contribution is 5.62. The fourth-order valence-corrected chi connectivity index (χ4v) is 3.95. The largest absolute Gasteiger partial charge is 0.367 e. The molecule has 1 aromatic carbocycles. The smallest absolute Gasteiger partial charge is 0.122 e. The second-order valence-corrected chi connectivity index (χ2v) is 7.91. The number of nitrogens with zero attached hydrogens (tertiary/aromatic N) is 1. The summed E-state index contributed by atoms with van der Waals surface area (Å²) in [6.07, 6.45) is 6.79. The summed E-state index contributed by atoms with van der Waals surface area (Å²) in [6, 6.07) is 4.92. The third kappa shape index (κ3) is 2.67. The van der Waals surface area contributed by atoms with E-state index in [1.165, 1.54) is 40.8 Å². The van der Waals surface area contributed by atoms with Gasteiger partial charge in [0.2, 0.25) is 0 Å². The van der Waals surface area contributed by atoms with Gasteiger partial charge in [-0.25, -0.2) is 4.39 Å². The molecule has 0 saturated heterocycles. The average molecular weight is 300 g/mol. The lowest BCUT2D eigenvalue weighted by atomic mass is 9.94. The molecule has 3 aliphatic rings. The van der Waals surface area contributed by atoms with Crippen LogP contribution in [0.5, 0.6) is 0 Å². The molecular weight excluding hydrogens is 275 g/mol. The first kappa shape index (κ1) is 14.3. The summed E-state index contributed by atoms with van der Waals surface area (Å²) in [6.45, 7) is 4.67. The first-order valence-corrected chi connectivity index (χ1v) is 8.45. The Morgan fingerprint density at radius 2 is 1.86 bits per heavy atom. The maximum atomic E-state index is 14.2. The van der Waals surface area contributed by atoms with Crippen molar-refractivity contribution in [2.45, 2.75) is 57.8 Å². The minimum atomic E-state index is -1.16. The van der Waals surface area contributed by atoms with Gasteiger partial charge in [-0.3, -0.25) is 0 Å². The highest BCUT2D eigenvalue weighted by Gasteiger charge is 2.35. The van der Waals surface area contributed by atoms with Gasteiger partial charge in [-0.15, -0.1) is 0 Å². The predicted molar refractivity (Wildman–Crippen MR) is 88.1 cm³/mol. The number of halogens is 1. The van der Waals surface area contributed by atoms with Crippen molar-refractivity contribution in [3.63, 3.8) is 0 Å². The maximum Gasteiger partial charge on any atom is 0.122 e. The van der Waals surface area contributed by atoms with Gasteiger partial charge in [0.25, 0.3) is 0 Å². The zero-order valence-corrected chi connectivity index (χ0v) is 13.5. The van der Waals surface area contributed by atoms with Crippen LogP contribution in [-0.4, -0.2) is 23.2 Å². The zero-order valence-electron chi connectivity index (χ0n) is 13.5. The van der Waals surface area contributed by atoms with Crippen LogP contribution in [0.2, 0.25) is 0 Å². The molecular formula is C19H25FN2. The van der Waals surface area contributed by atoms with Crippen LogP contribution in [0.15, 0.2) is 17.8 Å². The van der Waals surface area contributed by atoms with Gasteiger partial charge in [0, 0.05) is 18.3 Å². The topological polar surface area (TPSA) is 29.3 Å². The minimum Gasteiger partial charge on any atom is -0.367 e. The van der Waals surface area contributed by atoms with E-state index in [0.717, 1.165) is 19.4 Å². The molecule has 1 saturated carbocycles. The van der Waals surface area contributed by atoms with Crippen LogP contribution in [0.25, 0.3) is 6.08 Å². The van der Waals surface area contributed by atoms with Crippen molar-refractivity contribution in [1.29, 1.82) is 0 Å². The van der Waals surface area contributed by atoms with E-state index in [1.807, 2.05) is 0 Å². The molecule has 0 radical (unpaired) electrons. The highest BCUT2D eigenvalue weighted by Crippen LogP contribution is 2.43. The maximum absolute atomic E-state index is 14.2. The number of benzene rings is 1. The first-order chi connectivity index (χ1) is 10.4. The van der Waals surface area contributed by atoms with Crippen molar-refractivity contribution in [2.24, 2.45) is 11.7 Å². The number of nitrogens with two attached hydrogens (primary N) is 1. The number of hydrogen-bond acceptors (Lipinski definition) is 2. The Morgan fingerprint density at radius 1 is 1.18 bits per heavy atom. The van der Waals surface area contributed by atoms with E-state index in [2.05, 4.69) is 23.1 Å². The van der Waals surface area contributed by atoms with Gasteiger partial charge in [0.15, 0.2) is 0 Å². The van der Waals surface area contributed by atoms with Gasteiger partial charge >= 0.3 is 0 Å². The van der Waals surface area contributed by atoms with Crippen molar-refractivity contribution in [3.8, 4) is 0 Å². The molecule has 22 heavy (non-hydrogen) atoms. The molecule has 4 rings (SSSR count). The highest BCUT2D eigenvalue weighted by atomic mass is 19.1.